The second-order valence-electron chi connectivity index (χ2n) is 9.19. The van der Waals surface area contributed by atoms with E-state index >= 15 is 0 Å². The Morgan fingerprint density at radius 3 is 2.72 bits per heavy atom. The Labute approximate surface area is 150 Å². The van der Waals surface area contributed by atoms with Crippen LogP contribution >= 0.6 is 0 Å². The van der Waals surface area contributed by atoms with Gasteiger partial charge in [-0.05, 0) is 74.5 Å². The molecule has 0 heterocycles. The number of hydrogen-bond donors (Lipinski definition) is 3. The molecule has 0 bridgehead atoms. The molecule has 4 rings (SSSR count). The summed E-state index contributed by atoms with van der Waals surface area (Å²) in [7, 11) is 0. The normalized spacial score (nSPS) is 47.5. The number of carbonyl (C=O) groups excluding carboxylic acids is 1. The first-order chi connectivity index (χ1) is 11.8. The lowest BCUT2D eigenvalue weighted by Crippen LogP contribution is -2.50. The van der Waals surface area contributed by atoms with E-state index in [4.69, 9.17) is 5.73 Å². The second kappa shape index (κ2) is 5.83. The first-order valence-corrected chi connectivity index (χ1v) is 9.84. The fraction of sp³-hybridized carbons (Fsp3) is 0.800. The summed E-state index contributed by atoms with van der Waals surface area (Å²) in [5.41, 5.74) is 10.7. The van der Waals surface area contributed by atoms with E-state index in [1.165, 1.54) is 18.4 Å². The maximum absolute atomic E-state index is 11.1. The Balaban J connectivity index is 1.62. The fourth-order valence-corrected chi connectivity index (χ4v) is 6.74. The Hall–Kier alpha value is -1.36. The highest BCUT2D eigenvalue weighted by molar-refractivity contribution is 5.93. The molecule has 0 spiro atoms. The van der Waals surface area contributed by atoms with Crippen LogP contribution in [0.2, 0.25) is 0 Å². The predicted octanol–water partition coefficient (Wildman–Crippen LogP) is 3.33. The summed E-state index contributed by atoms with van der Waals surface area (Å²) in [6, 6.07) is -0.577. The molecule has 0 saturated heterocycles. The zero-order valence-electron chi connectivity index (χ0n) is 15.4. The lowest BCUT2D eigenvalue weighted by Gasteiger charge is -2.57. The average Bonchev–Trinajstić information content (AvgIpc) is 2.90. The van der Waals surface area contributed by atoms with Crippen LogP contribution in [0, 0.1) is 28.6 Å². The van der Waals surface area contributed by atoms with E-state index in [9.17, 15) is 9.90 Å². The van der Waals surface area contributed by atoms with Crippen LogP contribution in [0.3, 0.4) is 0 Å². The third-order valence-electron chi connectivity index (χ3n) is 8.12. The molecule has 0 aromatic carbocycles. The number of allylic oxidation sites excluding steroid dienone is 1. The summed E-state index contributed by atoms with van der Waals surface area (Å²) < 4.78 is 0. The first-order valence-electron chi connectivity index (χ1n) is 9.84. The van der Waals surface area contributed by atoms with Crippen LogP contribution in [0.25, 0.3) is 0 Å². The van der Waals surface area contributed by atoms with E-state index in [2.05, 4.69) is 30.5 Å². The van der Waals surface area contributed by atoms with Gasteiger partial charge >= 0.3 is 6.03 Å². The van der Waals surface area contributed by atoms with Crippen LogP contribution in [0.4, 0.5) is 4.79 Å². The zero-order chi connectivity index (χ0) is 17.8. The molecule has 4 N–H and O–H groups in total. The third-order valence-corrected chi connectivity index (χ3v) is 8.12. The molecular weight excluding hydrogens is 314 g/mol. The van der Waals surface area contributed by atoms with Gasteiger partial charge in [-0.2, -0.15) is 5.10 Å². The summed E-state index contributed by atoms with van der Waals surface area (Å²) in [5.74, 6) is 2.06. The monoisotopic (exact) mass is 345 g/mol. The zero-order valence-corrected chi connectivity index (χ0v) is 15.4. The van der Waals surface area contributed by atoms with Crippen LogP contribution in [0.1, 0.15) is 65.2 Å². The highest BCUT2D eigenvalue weighted by Gasteiger charge is 2.57. The van der Waals surface area contributed by atoms with Crippen molar-refractivity contribution in [3.63, 3.8) is 0 Å². The number of carbonyl (C=O) groups is 1. The second-order valence-corrected chi connectivity index (χ2v) is 9.19. The van der Waals surface area contributed by atoms with E-state index < -0.39 is 6.03 Å². The number of primary amides is 1. The van der Waals surface area contributed by atoms with Gasteiger partial charge in [-0.15, -0.1) is 0 Å². The Bertz CT molecular complexity index is 643. The van der Waals surface area contributed by atoms with Gasteiger partial charge in [0, 0.05) is 11.1 Å². The molecule has 5 heteroatoms. The minimum absolute atomic E-state index is 0.0967. The van der Waals surface area contributed by atoms with Crippen molar-refractivity contribution < 1.29 is 9.90 Å². The SMILES string of the molecule is C[C@]12CC[C@H](O)CC1=CCC1C2CC[C@]2(C)/C(=N/NC(N)=O)CCC12. The molecule has 0 aromatic heterocycles. The minimum Gasteiger partial charge on any atom is -0.393 e. The Kier molecular flexibility index (Phi) is 3.98. The smallest absolute Gasteiger partial charge is 0.332 e. The molecule has 3 unspecified atom stereocenters. The summed E-state index contributed by atoms with van der Waals surface area (Å²) >= 11 is 0. The van der Waals surface area contributed by atoms with Gasteiger partial charge in [-0.3, -0.25) is 0 Å². The molecule has 0 aliphatic heterocycles. The van der Waals surface area contributed by atoms with Crippen molar-refractivity contribution in [2.45, 2.75) is 71.3 Å². The van der Waals surface area contributed by atoms with Crippen LogP contribution in [0.5, 0.6) is 0 Å². The summed E-state index contributed by atoms with van der Waals surface area (Å²) in [4.78, 5) is 11.1. The molecule has 138 valence electrons. The van der Waals surface area contributed by atoms with Gasteiger partial charge in [0.05, 0.1) is 6.10 Å². The van der Waals surface area contributed by atoms with Crippen LogP contribution < -0.4 is 11.2 Å². The maximum Gasteiger partial charge on any atom is 0.332 e. The van der Waals surface area contributed by atoms with Crippen molar-refractivity contribution >= 4 is 11.7 Å². The largest absolute Gasteiger partial charge is 0.393 e. The van der Waals surface area contributed by atoms with Crippen molar-refractivity contribution in [2.24, 2.45) is 39.4 Å². The summed E-state index contributed by atoms with van der Waals surface area (Å²) in [5, 5.41) is 14.5. The van der Waals surface area contributed by atoms with Crippen molar-refractivity contribution in [1.29, 1.82) is 0 Å². The van der Waals surface area contributed by atoms with Crippen molar-refractivity contribution in [3.8, 4) is 0 Å². The number of hydrogen-bond acceptors (Lipinski definition) is 3. The van der Waals surface area contributed by atoms with Crippen molar-refractivity contribution in [1.82, 2.24) is 5.43 Å². The lowest BCUT2D eigenvalue weighted by atomic mass is 9.48. The molecular formula is C20H31N3O2. The quantitative estimate of drug-likeness (QED) is 0.503. The maximum atomic E-state index is 11.1. The number of aliphatic hydroxyl groups excluding tert-OH is 1. The van der Waals surface area contributed by atoms with Crippen LogP contribution in [-0.4, -0.2) is 23.0 Å². The van der Waals surface area contributed by atoms with Gasteiger partial charge in [0.25, 0.3) is 0 Å². The van der Waals surface area contributed by atoms with Gasteiger partial charge in [0.1, 0.15) is 0 Å². The topological polar surface area (TPSA) is 87.7 Å². The Morgan fingerprint density at radius 2 is 1.96 bits per heavy atom. The highest BCUT2D eigenvalue weighted by Crippen LogP contribution is 2.64. The minimum atomic E-state index is -0.577. The first kappa shape index (κ1) is 17.1. The van der Waals surface area contributed by atoms with E-state index in [0.717, 1.165) is 50.2 Å². The van der Waals surface area contributed by atoms with Gasteiger partial charge in [-0.1, -0.05) is 25.5 Å². The van der Waals surface area contributed by atoms with Gasteiger partial charge < -0.3 is 10.8 Å². The Morgan fingerprint density at radius 1 is 1.24 bits per heavy atom. The molecule has 3 saturated carbocycles. The van der Waals surface area contributed by atoms with Crippen LogP contribution in [-0.2, 0) is 0 Å². The number of nitrogens with one attached hydrogen (secondary N) is 1. The standard InChI is InChI=1S/C20H31N3O2/c1-19-9-7-13(24)11-12(19)3-4-14-15-5-6-17(22-23-18(21)25)20(15,2)10-8-16(14)19/h3,13-16,24H,4-11H2,1-2H3,(H3,21,23,25)/b22-17+/t13-,14?,15?,16?,19-,20-/m0/s1. The predicted molar refractivity (Wildman–Crippen MR) is 97.9 cm³/mol. The number of rotatable bonds is 1. The summed E-state index contributed by atoms with van der Waals surface area (Å²) in [6.07, 6.45) is 10.9. The molecule has 4 aliphatic carbocycles. The number of urea groups is 1. The van der Waals surface area contributed by atoms with Crippen molar-refractivity contribution in [2.75, 3.05) is 0 Å². The van der Waals surface area contributed by atoms with E-state index in [-0.39, 0.29) is 16.9 Å². The highest BCUT2D eigenvalue weighted by atomic mass is 16.3. The average molecular weight is 345 g/mol. The summed E-state index contributed by atoms with van der Waals surface area (Å²) in [6.45, 7) is 4.79. The molecule has 0 aromatic rings. The number of nitrogens with two attached hydrogens (primary N) is 1. The number of nitrogens with zero attached hydrogens (tertiary/aromatic N) is 1. The molecule has 6 atom stereocenters. The molecule has 4 aliphatic rings. The fourth-order valence-electron chi connectivity index (χ4n) is 6.74. The van der Waals surface area contributed by atoms with E-state index in [1.807, 2.05) is 0 Å². The molecule has 5 nitrogen and oxygen atoms in total. The number of fused-ring (bicyclic) bond motifs is 5. The van der Waals surface area contributed by atoms with Gasteiger partial charge in [0.2, 0.25) is 0 Å². The number of aliphatic hydroxyl groups is 1. The van der Waals surface area contributed by atoms with Gasteiger partial charge in [-0.25, -0.2) is 10.2 Å². The molecule has 2 amide bonds. The lowest BCUT2D eigenvalue weighted by molar-refractivity contribution is -0.0209. The molecule has 3 fully saturated rings. The number of amides is 2. The van der Waals surface area contributed by atoms with Gasteiger partial charge in [0.15, 0.2) is 0 Å². The molecule has 25 heavy (non-hydrogen) atoms. The van der Waals surface area contributed by atoms with Crippen LogP contribution in [0.15, 0.2) is 16.8 Å². The number of hydrazone groups is 1. The molecule has 0 radical (unpaired) electrons. The van der Waals surface area contributed by atoms with E-state index in [0.29, 0.717) is 11.8 Å². The van der Waals surface area contributed by atoms with Crippen molar-refractivity contribution in [3.05, 3.63) is 11.6 Å². The third kappa shape index (κ3) is 2.54. The van der Waals surface area contributed by atoms with E-state index in [1.54, 1.807) is 0 Å².